The van der Waals surface area contributed by atoms with E-state index in [0.717, 1.165) is 47.2 Å². The van der Waals surface area contributed by atoms with Crippen LogP contribution in [0.3, 0.4) is 0 Å². The minimum Gasteiger partial charge on any atom is -0.512 e. The summed E-state index contributed by atoms with van der Waals surface area (Å²) in [5.74, 6) is 0.286. The third-order valence-electron chi connectivity index (χ3n) is 11.6. The molecule has 0 saturated heterocycles. The third kappa shape index (κ3) is 8.42. The quantitative estimate of drug-likeness (QED) is 0.0893. The Labute approximate surface area is 339 Å². The molecule has 3 aromatic heterocycles. The van der Waals surface area contributed by atoms with Gasteiger partial charge >= 0.3 is 0 Å². The summed E-state index contributed by atoms with van der Waals surface area (Å²) >= 11 is 3.68. The van der Waals surface area contributed by atoms with Gasteiger partial charge in [0.05, 0.1) is 0 Å². The fourth-order valence-electron chi connectivity index (χ4n) is 6.87. The third-order valence-corrected chi connectivity index (χ3v) is 13.8. The van der Waals surface area contributed by atoms with Gasteiger partial charge in [-0.25, -0.2) is 0 Å². The molecule has 283 valence electrons. The zero-order valence-electron chi connectivity index (χ0n) is 33.6. The van der Waals surface area contributed by atoms with Gasteiger partial charge in [-0.15, -0.1) is 51.8 Å². The maximum absolute atomic E-state index is 12.2. The maximum Gasteiger partial charge on any atom is 0.164 e. The minimum absolute atomic E-state index is 0. The second-order valence-electron chi connectivity index (χ2n) is 15.9. The van der Waals surface area contributed by atoms with Crippen LogP contribution in [0.1, 0.15) is 109 Å². The number of hydrogen-bond acceptors (Lipinski definition) is 5. The molecule has 0 aliphatic carbocycles. The Morgan fingerprint density at radius 1 is 0.792 bits per heavy atom. The van der Waals surface area contributed by atoms with Gasteiger partial charge in [-0.2, -0.15) is 0 Å². The average Bonchev–Trinajstić information content (AvgIpc) is 3.63. The summed E-state index contributed by atoms with van der Waals surface area (Å²) in [5.41, 5.74) is 6.80. The smallest absolute Gasteiger partial charge is 0.164 e. The number of allylic oxidation sites excluding steroid dienone is 2. The number of ketones is 1. The molecule has 6 aromatic rings. The van der Waals surface area contributed by atoms with E-state index < -0.39 is 0 Å². The van der Waals surface area contributed by atoms with Gasteiger partial charge in [-0.1, -0.05) is 116 Å². The summed E-state index contributed by atoms with van der Waals surface area (Å²) in [7, 11) is 0. The summed E-state index contributed by atoms with van der Waals surface area (Å²) in [6.07, 6.45) is 4.75. The molecule has 0 aliphatic rings. The Hall–Kier alpha value is -3.15. The summed E-state index contributed by atoms with van der Waals surface area (Å²) in [5, 5.41) is 15.2. The molecule has 0 saturated carbocycles. The molecular formula is C47H56IrNO2S2-. The van der Waals surface area contributed by atoms with Crippen molar-refractivity contribution in [3.05, 3.63) is 99.4 Å². The van der Waals surface area contributed by atoms with Gasteiger partial charge in [0.15, 0.2) is 5.78 Å². The van der Waals surface area contributed by atoms with Crippen molar-refractivity contribution >= 4 is 59.5 Å². The van der Waals surface area contributed by atoms with Crippen molar-refractivity contribution in [3.8, 4) is 22.4 Å². The molecule has 6 heteroatoms. The molecule has 0 fully saturated rings. The number of fused-ring (bicyclic) bond motifs is 3. The van der Waals surface area contributed by atoms with Crippen LogP contribution in [0.4, 0.5) is 0 Å². The van der Waals surface area contributed by atoms with E-state index in [9.17, 15) is 9.90 Å². The molecule has 0 amide bonds. The standard InChI is InChI=1S/C32H28NS2.C15H28O2.Ir/c1-18-19(2)35-31-29(18)25(30-20(3)34-28-14-10-9-13-24(28)30)17-27(33-31)22-15-21-11-7-8-12-23(21)26(16-22)32(4,5)6;1-7-14(5,8-2)12(16)11-13(17)15(6,9-3)10-4;/h7-14,16-17H,1-6H3;11,16H,7-10H2,1-6H3;/q-1;;/b;12-11-;. The molecular weight excluding hydrogens is 867 g/mol. The number of benzene rings is 3. The van der Waals surface area contributed by atoms with E-state index in [-0.39, 0.29) is 47.9 Å². The first kappa shape index (κ1) is 42.6. The molecule has 0 aliphatic heterocycles. The number of carbonyl (C=O) groups excluding carboxylic acids is 1. The zero-order chi connectivity index (χ0) is 38.2. The fourth-order valence-corrected chi connectivity index (χ4v) is 9.00. The van der Waals surface area contributed by atoms with Gasteiger partial charge < -0.3 is 5.11 Å². The van der Waals surface area contributed by atoms with E-state index in [0.29, 0.717) is 0 Å². The number of aryl methyl sites for hydroxylation is 3. The zero-order valence-corrected chi connectivity index (χ0v) is 37.7. The monoisotopic (exact) mass is 923 g/mol. The predicted octanol–water partition coefficient (Wildman–Crippen LogP) is 14.7. The molecule has 3 aromatic carbocycles. The second kappa shape index (κ2) is 16.7. The van der Waals surface area contributed by atoms with Crippen molar-refractivity contribution in [2.45, 2.75) is 114 Å². The minimum atomic E-state index is -0.337. The Bertz CT molecular complexity index is 2280. The van der Waals surface area contributed by atoms with Crippen LogP contribution in [0.25, 0.3) is 53.5 Å². The number of thiophene rings is 2. The first-order chi connectivity index (χ1) is 24.5. The Morgan fingerprint density at radius 2 is 1.38 bits per heavy atom. The van der Waals surface area contributed by atoms with Crippen molar-refractivity contribution in [1.82, 2.24) is 4.98 Å². The average molecular weight is 923 g/mol. The van der Waals surface area contributed by atoms with Crippen LogP contribution in [0.5, 0.6) is 0 Å². The van der Waals surface area contributed by atoms with E-state index in [4.69, 9.17) is 4.98 Å². The summed E-state index contributed by atoms with van der Waals surface area (Å²) < 4.78 is 1.34. The van der Waals surface area contributed by atoms with Gasteiger partial charge in [0.2, 0.25) is 0 Å². The van der Waals surface area contributed by atoms with Gasteiger partial charge in [-0.05, 0) is 69.1 Å². The number of rotatable bonds is 9. The van der Waals surface area contributed by atoms with E-state index >= 15 is 0 Å². The van der Waals surface area contributed by atoms with Crippen LogP contribution in [0.2, 0.25) is 0 Å². The number of pyridine rings is 1. The Balaban J connectivity index is 0.000000299. The first-order valence-electron chi connectivity index (χ1n) is 18.8. The van der Waals surface area contributed by atoms with Crippen LogP contribution in [0.15, 0.2) is 72.5 Å². The SMILES string of the molecule is CCC(C)(CC)C(=O)/C=C(\O)C(C)(CC)CC.Cc1sc2ccccc2c1-c1cc(-c2[c-]c3ccccc3c(C(C)(C)C)c2)nc2sc(C)c(C)c12.[Ir]. The Kier molecular flexibility index (Phi) is 13.4. The fraction of sp³-hybridized carbons (Fsp3) is 0.404. The van der Waals surface area contributed by atoms with Crippen molar-refractivity contribution in [3.63, 3.8) is 0 Å². The van der Waals surface area contributed by atoms with Gasteiger partial charge in [0.1, 0.15) is 10.6 Å². The number of nitrogens with zero attached hydrogens (tertiary/aromatic N) is 1. The molecule has 1 radical (unpaired) electrons. The van der Waals surface area contributed by atoms with E-state index in [1.54, 1.807) is 11.3 Å². The number of carbonyl (C=O) groups is 1. The molecule has 6 rings (SSSR count). The van der Waals surface area contributed by atoms with E-state index in [1.165, 1.54) is 58.9 Å². The van der Waals surface area contributed by atoms with Crippen LogP contribution in [0, 0.1) is 37.7 Å². The van der Waals surface area contributed by atoms with E-state index in [1.807, 2.05) is 52.9 Å². The van der Waals surface area contributed by atoms with Crippen LogP contribution < -0.4 is 0 Å². The molecule has 3 nitrogen and oxygen atoms in total. The van der Waals surface area contributed by atoms with Crippen molar-refractivity contribution in [1.29, 1.82) is 0 Å². The molecule has 0 unspecified atom stereocenters. The van der Waals surface area contributed by atoms with E-state index in [2.05, 4.69) is 108 Å². The molecule has 0 spiro atoms. The summed E-state index contributed by atoms with van der Waals surface area (Å²) in [6.45, 7) is 25.6. The summed E-state index contributed by atoms with van der Waals surface area (Å²) in [6, 6.07) is 25.7. The van der Waals surface area contributed by atoms with Crippen molar-refractivity contribution in [2.24, 2.45) is 10.8 Å². The molecule has 3 heterocycles. The maximum atomic E-state index is 12.2. The van der Waals surface area contributed by atoms with Crippen LogP contribution in [-0.4, -0.2) is 15.9 Å². The van der Waals surface area contributed by atoms with Gasteiger partial charge in [0, 0.05) is 73.5 Å². The van der Waals surface area contributed by atoms with Crippen molar-refractivity contribution in [2.75, 3.05) is 0 Å². The number of aliphatic hydroxyl groups is 1. The molecule has 53 heavy (non-hydrogen) atoms. The Morgan fingerprint density at radius 3 is 1.98 bits per heavy atom. The normalized spacial score (nSPS) is 12.6. The van der Waals surface area contributed by atoms with Crippen LogP contribution >= 0.6 is 22.7 Å². The number of aliphatic hydroxyl groups excluding tert-OH is 1. The largest absolute Gasteiger partial charge is 0.512 e. The number of hydrogen-bond donors (Lipinski definition) is 1. The summed E-state index contributed by atoms with van der Waals surface area (Å²) in [4.78, 5) is 21.2. The second-order valence-corrected chi connectivity index (χ2v) is 18.3. The van der Waals surface area contributed by atoms with Crippen LogP contribution in [-0.2, 0) is 30.3 Å². The molecule has 0 bridgehead atoms. The first-order valence-corrected chi connectivity index (χ1v) is 20.5. The van der Waals surface area contributed by atoms with Gasteiger partial charge in [0.25, 0.3) is 0 Å². The molecule has 1 N–H and O–H groups in total. The molecule has 0 atom stereocenters. The van der Waals surface area contributed by atoms with Gasteiger partial charge in [-0.3, -0.25) is 9.78 Å². The number of aromatic nitrogens is 1. The topological polar surface area (TPSA) is 50.2 Å². The van der Waals surface area contributed by atoms with Crippen molar-refractivity contribution < 1.29 is 30.0 Å². The predicted molar refractivity (Wildman–Crippen MR) is 228 cm³/mol.